The van der Waals surface area contributed by atoms with Gasteiger partial charge in [0.2, 0.25) is 11.8 Å². The van der Waals surface area contributed by atoms with E-state index in [1.54, 1.807) is 43.4 Å². The zero-order chi connectivity index (χ0) is 31.2. The van der Waals surface area contributed by atoms with Crippen LogP contribution in [-0.2, 0) is 32.4 Å². The molecule has 2 heterocycles. The van der Waals surface area contributed by atoms with Crippen molar-refractivity contribution in [3.05, 3.63) is 83.3 Å². The first-order valence-electron chi connectivity index (χ1n) is 14.2. The SMILES string of the molecule is COc1cc2cc(c1)[C@@H](Nc1ccc3c(N)ncc(F)c3c1)C(=O)N(C)Cc1cc(ccc1S(=O)(=O)C1CC1)NC(=O)CC2. The number of nitrogens with one attached hydrogen (secondary N) is 2. The Morgan fingerprint density at radius 2 is 1.84 bits per heavy atom. The minimum Gasteiger partial charge on any atom is -0.497 e. The number of sulfone groups is 1. The van der Waals surface area contributed by atoms with Crippen molar-refractivity contribution in [1.82, 2.24) is 9.88 Å². The predicted octanol–water partition coefficient (Wildman–Crippen LogP) is 4.60. The molecule has 0 saturated heterocycles. The molecule has 4 bridgehead atoms. The Balaban J connectivity index is 1.45. The van der Waals surface area contributed by atoms with Gasteiger partial charge in [-0.1, -0.05) is 6.07 Å². The Bertz CT molecular complexity index is 1910. The molecule has 3 aromatic carbocycles. The highest BCUT2D eigenvalue weighted by Gasteiger charge is 2.38. The number of rotatable bonds is 5. The van der Waals surface area contributed by atoms with Crippen molar-refractivity contribution in [2.24, 2.45) is 0 Å². The molecule has 1 aromatic heterocycles. The zero-order valence-corrected chi connectivity index (χ0v) is 25.1. The van der Waals surface area contributed by atoms with Crippen molar-refractivity contribution >= 4 is 49.6 Å². The van der Waals surface area contributed by atoms with E-state index >= 15 is 0 Å². The molecule has 4 N–H and O–H groups in total. The van der Waals surface area contributed by atoms with Crippen molar-refractivity contribution in [3.63, 3.8) is 0 Å². The second-order valence-electron chi connectivity index (χ2n) is 11.3. The third kappa shape index (κ3) is 5.77. The molecule has 44 heavy (non-hydrogen) atoms. The summed E-state index contributed by atoms with van der Waals surface area (Å²) in [6.07, 6.45) is 2.74. The third-order valence-electron chi connectivity index (χ3n) is 8.02. The molecule has 1 aliphatic carbocycles. The molecule has 228 valence electrons. The van der Waals surface area contributed by atoms with Crippen LogP contribution in [0.1, 0.15) is 42.0 Å². The Morgan fingerprint density at radius 3 is 2.59 bits per heavy atom. The fourth-order valence-electron chi connectivity index (χ4n) is 5.54. The number of ether oxygens (including phenoxy) is 1. The number of anilines is 3. The lowest BCUT2D eigenvalue weighted by Gasteiger charge is -2.27. The molecule has 1 atom stereocenters. The van der Waals surface area contributed by atoms with E-state index in [-0.39, 0.29) is 40.9 Å². The van der Waals surface area contributed by atoms with Crippen LogP contribution in [0.4, 0.5) is 21.6 Å². The molecule has 0 spiro atoms. The molecular weight excluding hydrogens is 585 g/mol. The van der Waals surface area contributed by atoms with Crippen molar-refractivity contribution in [2.75, 3.05) is 30.5 Å². The van der Waals surface area contributed by atoms with Crippen LogP contribution >= 0.6 is 0 Å². The van der Waals surface area contributed by atoms with Crippen molar-refractivity contribution < 1.29 is 27.1 Å². The molecule has 2 aliphatic rings. The number of likely N-dealkylation sites (N-methyl/N-ethyl adjacent to an activating group) is 1. The zero-order valence-electron chi connectivity index (χ0n) is 24.3. The van der Waals surface area contributed by atoms with Crippen LogP contribution in [0.15, 0.2) is 65.7 Å². The third-order valence-corrected chi connectivity index (χ3v) is 10.4. The molecular formula is C32H32FN5O5S. The summed E-state index contributed by atoms with van der Waals surface area (Å²) in [6.45, 7) is -0.0343. The molecule has 2 amide bonds. The quantitative estimate of drug-likeness (QED) is 0.295. The lowest BCUT2D eigenvalue weighted by molar-refractivity contribution is -0.131. The predicted molar refractivity (Wildman–Crippen MR) is 166 cm³/mol. The Hall–Kier alpha value is -4.71. The van der Waals surface area contributed by atoms with Gasteiger partial charge < -0.3 is 26.0 Å². The number of nitrogen functional groups attached to an aromatic ring is 1. The van der Waals surface area contributed by atoms with Crippen molar-refractivity contribution in [3.8, 4) is 5.75 Å². The molecule has 0 unspecified atom stereocenters. The maximum Gasteiger partial charge on any atom is 0.249 e. The van der Waals surface area contributed by atoms with Gasteiger partial charge in [-0.3, -0.25) is 9.59 Å². The second kappa shape index (κ2) is 11.4. The van der Waals surface area contributed by atoms with Gasteiger partial charge in [-0.2, -0.15) is 0 Å². The molecule has 12 heteroatoms. The number of aromatic nitrogens is 1. The van der Waals surface area contributed by atoms with Crippen LogP contribution in [0.25, 0.3) is 10.8 Å². The summed E-state index contributed by atoms with van der Waals surface area (Å²) in [5.74, 6) is -0.471. The molecule has 1 fully saturated rings. The van der Waals surface area contributed by atoms with Crippen LogP contribution in [0.3, 0.4) is 0 Å². The van der Waals surface area contributed by atoms with Gasteiger partial charge in [0, 0.05) is 42.2 Å². The first-order valence-corrected chi connectivity index (χ1v) is 15.8. The number of hydrogen-bond acceptors (Lipinski definition) is 8. The van der Waals surface area contributed by atoms with E-state index in [0.717, 1.165) is 11.8 Å². The maximum atomic E-state index is 14.7. The highest BCUT2D eigenvalue weighted by atomic mass is 32.2. The number of nitrogens with zero attached hydrogens (tertiary/aromatic N) is 2. The monoisotopic (exact) mass is 617 g/mol. The first kappa shape index (κ1) is 29.4. The topological polar surface area (TPSA) is 144 Å². The molecule has 6 rings (SSSR count). The Morgan fingerprint density at radius 1 is 1.05 bits per heavy atom. The second-order valence-corrected chi connectivity index (χ2v) is 13.4. The van der Waals surface area contributed by atoms with Gasteiger partial charge in [-0.15, -0.1) is 0 Å². The largest absolute Gasteiger partial charge is 0.497 e. The number of pyridine rings is 1. The number of nitrogens with two attached hydrogens (primary N) is 1. The number of carbonyl (C=O) groups excluding carboxylic acids is 2. The van der Waals surface area contributed by atoms with E-state index in [1.807, 2.05) is 12.1 Å². The van der Waals surface area contributed by atoms with Gasteiger partial charge in [-0.05, 0) is 84.5 Å². The van der Waals surface area contributed by atoms with Gasteiger partial charge in [0.15, 0.2) is 9.84 Å². The van der Waals surface area contributed by atoms with Crippen LogP contribution in [0.5, 0.6) is 5.75 Å². The Kier molecular flexibility index (Phi) is 7.62. The van der Waals surface area contributed by atoms with E-state index < -0.39 is 26.9 Å². The highest BCUT2D eigenvalue weighted by molar-refractivity contribution is 7.92. The summed E-state index contributed by atoms with van der Waals surface area (Å²) in [4.78, 5) is 32.6. The molecule has 0 radical (unpaired) electrons. The number of amides is 2. The van der Waals surface area contributed by atoms with Gasteiger partial charge in [0.05, 0.1) is 23.5 Å². The average molecular weight is 618 g/mol. The summed E-state index contributed by atoms with van der Waals surface area (Å²) in [5.41, 5.74) is 8.60. The summed E-state index contributed by atoms with van der Waals surface area (Å²) in [5, 5.41) is 6.35. The van der Waals surface area contributed by atoms with Gasteiger partial charge >= 0.3 is 0 Å². The Labute approximate surface area is 254 Å². The number of hydrogen-bond donors (Lipinski definition) is 3. The van der Waals surface area contributed by atoms with Crippen LogP contribution < -0.4 is 21.1 Å². The van der Waals surface area contributed by atoms with Gasteiger partial charge in [0.25, 0.3) is 0 Å². The average Bonchev–Trinajstić information content (AvgIpc) is 3.86. The van der Waals surface area contributed by atoms with Crippen LogP contribution in [0.2, 0.25) is 0 Å². The van der Waals surface area contributed by atoms with E-state index in [0.29, 0.717) is 52.9 Å². The van der Waals surface area contributed by atoms with E-state index in [1.165, 1.54) is 18.1 Å². The normalized spacial score (nSPS) is 17.6. The van der Waals surface area contributed by atoms with E-state index in [4.69, 9.17) is 10.5 Å². The molecule has 10 nitrogen and oxygen atoms in total. The molecule has 1 aliphatic heterocycles. The number of fused-ring (bicyclic) bond motifs is 5. The minimum absolute atomic E-state index is 0.0343. The summed E-state index contributed by atoms with van der Waals surface area (Å²) in [6, 6.07) is 14.0. The molecule has 4 aromatic rings. The van der Waals surface area contributed by atoms with Crippen LogP contribution in [-0.4, -0.2) is 49.5 Å². The fraction of sp³-hybridized carbons (Fsp3) is 0.281. The summed E-state index contributed by atoms with van der Waals surface area (Å²) < 4.78 is 46.9. The molecule has 1 saturated carbocycles. The number of methoxy groups -OCH3 is 1. The fourth-order valence-corrected chi connectivity index (χ4v) is 7.40. The first-order chi connectivity index (χ1) is 21.0. The van der Waals surface area contributed by atoms with Crippen molar-refractivity contribution in [2.45, 2.75) is 48.4 Å². The standard InChI is InChI=1S/C32H32FN5O5S/c1-38-17-20-13-21(5-9-28(20)44(41,42)24-6-7-24)36-29(39)10-3-18-11-19(14-23(12-18)43-2)30(32(38)40)37-22-4-8-25-26(15-22)27(33)16-35-31(25)34/h4-5,8-9,11-16,24,30,37H,3,6-7,10,17H2,1-2H3,(H2,34,35)(H,36,39)/t30-/m1/s1. The van der Waals surface area contributed by atoms with Crippen LogP contribution in [0, 0.1) is 5.82 Å². The summed E-state index contributed by atoms with van der Waals surface area (Å²) in [7, 11) is -0.492. The number of benzene rings is 3. The number of halogens is 1. The lowest BCUT2D eigenvalue weighted by Crippen LogP contribution is -2.35. The minimum atomic E-state index is -3.60. The van der Waals surface area contributed by atoms with Gasteiger partial charge in [0.1, 0.15) is 23.4 Å². The van der Waals surface area contributed by atoms with E-state index in [2.05, 4.69) is 15.6 Å². The summed E-state index contributed by atoms with van der Waals surface area (Å²) >= 11 is 0. The number of aryl methyl sites for hydroxylation is 1. The van der Waals surface area contributed by atoms with E-state index in [9.17, 15) is 22.4 Å². The smallest absolute Gasteiger partial charge is 0.249 e. The van der Waals surface area contributed by atoms with Crippen molar-refractivity contribution in [1.29, 1.82) is 0 Å². The lowest BCUT2D eigenvalue weighted by atomic mass is 9.98. The van der Waals surface area contributed by atoms with Gasteiger partial charge in [-0.25, -0.2) is 17.8 Å². The maximum absolute atomic E-state index is 14.7. The highest BCUT2D eigenvalue weighted by Crippen LogP contribution is 2.37. The number of carbonyl (C=O) groups is 2.